The molecule has 0 spiro atoms. The third-order valence-corrected chi connectivity index (χ3v) is 4.12. The first-order valence-corrected chi connectivity index (χ1v) is 6.62. The summed E-state index contributed by atoms with van der Waals surface area (Å²) in [4.78, 5) is 23.2. The van der Waals surface area contributed by atoms with E-state index in [1.54, 1.807) is 0 Å². The van der Waals surface area contributed by atoms with E-state index in [-0.39, 0.29) is 17.9 Å². The van der Waals surface area contributed by atoms with Gasteiger partial charge in [-0.2, -0.15) is 0 Å². The van der Waals surface area contributed by atoms with Crippen LogP contribution in [0.3, 0.4) is 0 Å². The molecule has 1 amide bonds. The maximum absolute atomic E-state index is 12.1. The predicted molar refractivity (Wildman–Crippen MR) is 63.4 cm³/mol. The Labute approximate surface area is 102 Å². The third-order valence-electron chi connectivity index (χ3n) is 4.12. The van der Waals surface area contributed by atoms with Crippen LogP contribution in [0.25, 0.3) is 0 Å². The summed E-state index contributed by atoms with van der Waals surface area (Å²) in [6, 6.07) is 0.207. The summed E-state index contributed by atoms with van der Waals surface area (Å²) in [5.74, 6) is -1.04. The van der Waals surface area contributed by atoms with Crippen molar-refractivity contribution < 1.29 is 14.7 Å². The molecule has 2 saturated carbocycles. The number of carboxylic acid groups (broad SMARTS) is 1. The summed E-state index contributed by atoms with van der Waals surface area (Å²) in [6.45, 7) is 2.02. The summed E-state index contributed by atoms with van der Waals surface area (Å²) >= 11 is 0. The number of carboxylic acids is 1. The van der Waals surface area contributed by atoms with E-state index in [4.69, 9.17) is 5.11 Å². The Balaban J connectivity index is 1.92. The van der Waals surface area contributed by atoms with Crippen LogP contribution in [0.4, 0.5) is 0 Å². The first kappa shape index (κ1) is 12.4. The van der Waals surface area contributed by atoms with Gasteiger partial charge in [0.1, 0.15) is 0 Å². The Morgan fingerprint density at radius 3 is 2.24 bits per heavy atom. The summed E-state index contributed by atoms with van der Waals surface area (Å²) in [5, 5.41) is 12.1. The zero-order valence-corrected chi connectivity index (χ0v) is 10.3. The molecule has 0 aromatic heterocycles. The molecule has 0 radical (unpaired) electrons. The molecule has 3 atom stereocenters. The molecule has 0 aromatic rings. The fraction of sp³-hybridized carbons (Fsp3) is 0.846. The second-order valence-electron chi connectivity index (χ2n) is 5.47. The number of aliphatic carboxylic acids is 1. The number of hydrogen-bond acceptors (Lipinski definition) is 2. The number of rotatable bonds is 4. The first-order valence-electron chi connectivity index (χ1n) is 6.62. The number of carbonyl (C=O) groups is 2. The summed E-state index contributed by atoms with van der Waals surface area (Å²) in [5.41, 5.74) is 0. The lowest BCUT2D eigenvalue weighted by molar-refractivity contribution is -0.149. The van der Waals surface area contributed by atoms with Crippen LogP contribution in [0.15, 0.2) is 0 Å². The van der Waals surface area contributed by atoms with Gasteiger partial charge in [-0.25, -0.2) is 0 Å². The van der Waals surface area contributed by atoms with Gasteiger partial charge in [-0.15, -0.1) is 0 Å². The van der Waals surface area contributed by atoms with E-state index in [1.165, 1.54) is 12.8 Å². The van der Waals surface area contributed by atoms with Crippen molar-refractivity contribution in [2.24, 2.45) is 17.8 Å². The van der Waals surface area contributed by atoms with Crippen LogP contribution in [0.5, 0.6) is 0 Å². The smallest absolute Gasteiger partial charge is 0.307 e. The van der Waals surface area contributed by atoms with Crippen molar-refractivity contribution in [3.05, 3.63) is 0 Å². The van der Waals surface area contributed by atoms with Gasteiger partial charge in [0, 0.05) is 6.04 Å². The molecule has 96 valence electrons. The lowest BCUT2D eigenvalue weighted by Gasteiger charge is -2.28. The Bertz CT molecular complexity index is 312. The monoisotopic (exact) mass is 239 g/mol. The molecule has 3 unspecified atom stereocenters. The zero-order valence-electron chi connectivity index (χ0n) is 10.3. The first-order chi connectivity index (χ1) is 8.09. The van der Waals surface area contributed by atoms with Gasteiger partial charge in [-0.1, -0.05) is 12.8 Å². The van der Waals surface area contributed by atoms with E-state index in [9.17, 15) is 9.59 Å². The predicted octanol–water partition coefficient (Wildman–Crippen LogP) is 1.79. The normalized spacial score (nSPS) is 30.6. The van der Waals surface area contributed by atoms with E-state index >= 15 is 0 Å². The van der Waals surface area contributed by atoms with Gasteiger partial charge in [-0.05, 0) is 38.5 Å². The van der Waals surface area contributed by atoms with Crippen molar-refractivity contribution in [2.75, 3.05) is 0 Å². The van der Waals surface area contributed by atoms with Crippen molar-refractivity contribution in [3.8, 4) is 0 Å². The van der Waals surface area contributed by atoms with Crippen molar-refractivity contribution >= 4 is 11.9 Å². The number of carbonyl (C=O) groups excluding carboxylic acids is 1. The molecule has 0 aliphatic heterocycles. The molecule has 4 nitrogen and oxygen atoms in total. The SMILES string of the molecule is CC(NC(=O)C1CCCCC1C(=O)O)C1CC1. The highest BCUT2D eigenvalue weighted by Gasteiger charge is 2.37. The fourth-order valence-corrected chi connectivity index (χ4v) is 2.79. The van der Waals surface area contributed by atoms with Crippen molar-refractivity contribution in [3.63, 3.8) is 0 Å². The quantitative estimate of drug-likeness (QED) is 0.786. The van der Waals surface area contributed by atoms with Gasteiger partial charge >= 0.3 is 5.97 Å². The molecule has 4 heteroatoms. The Kier molecular flexibility index (Phi) is 3.69. The third kappa shape index (κ3) is 2.99. The van der Waals surface area contributed by atoms with E-state index in [0.717, 1.165) is 19.3 Å². The molecular formula is C13H21NO3. The second-order valence-corrected chi connectivity index (χ2v) is 5.47. The highest BCUT2D eigenvalue weighted by molar-refractivity contribution is 5.85. The van der Waals surface area contributed by atoms with Gasteiger partial charge in [0.2, 0.25) is 5.91 Å². The maximum atomic E-state index is 12.1. The minimum Gasteiger partial charge on any atom is -0.481 e. The fourth-order valence-electron chi connectivity index (χ4n) is 2.79. The van der Waals surface area contributed by atoms with Crippen molar-refractivity contribution in [1.82, 2.24) is 5.32 Å². The van der Waals surface area contributed by atoms with Gasteiger partial charge in [0.05, 0.1) is 11.8 Å². The molecule has 2 aliphatic carbocycles. The summed E-state index contributed by atoms with van der Waals surface area (Å²) < 4.78 is 0. The molecule has 2 fully saturated rings. The average Bonchev–Trinajstić information content (AvgIpc) is 3.12. The Hall–Kier alpha value is -1.06. The molecular weight excluding hydrogens is 218 g/mol. The van der Waals surface area contributed by atoms with Crippen LogP contribution in [-0.4, -0.2) is 23.0 Å². The largest absolute Gasteiger partial charge is 0.481 e. The van der Waals surface area contributed by atoms with Crippen LogP contribution in [-0.2, 0) is 9.59 Å². The average molecular weight is 239 g/mol. The second kappa shape index (κ2) is 5.07. The molecule has 0 aromatic carbocycles. The Morgan fingerprint density at radius 1 is 1.12 bits per heavy atom. The number of nitrogens with one attached hydrogen (secondary N) is 1. The molecule has 0 bridgehead atoms. The van der Waals surface area contributed by atoms with E-state index < -0.39 is 11.9 Å². The molecule has 0 heterocycles. The molecule has 2 aliphatic rings. The van der Waals surface area contributed by atoms with E-state index in [0.29, 0.717) is 12.3 Å². The van der Waals surface area contributed by atoms with Crippen LogP contribution >= 0.6 is 0 Å². The summed E-state index contributed by atoms with van der Waals surface area (Å²) in [7, 11) is 0. The lowest BCUT2D eigenvalue weighted by Crippen LogP contribution is -2.43. The number of amides is 1. The molecule has 2 N–H and O–H groups in total. The van der Waals surface area contributed by atoms with Crippen LogP contribution in [0.1, 0.15) is 45.4 Å². The highest BCUT2D eigenvalue weighted by Crippen LogP contribution is 2.34. The van der Waals surface area contributed by atoms with Gasteiger partial charge < -0.3 is 10.4 Å². The maximum Gasteiger partial charge on any atom is 0.307 e. The minimum absolute atomic E-state index is 0.0449. The molecule has 2 rings (SSSR count). The highest BCUT2D eigenvalue weighted by atomic mass is 16.4. The lowest BCUT2D eigenvalue weighted by atomic mass is 9.78. The summed E-state index contributed by atoms with van der Waals surface area (Å²) in [6.07, 6.45) is 5.65. The van der Waals surface area contributed by atoms with Crippen molar-refractivity contribution in [2.45, 2.75) is 51.5 Å². The molecule has 17 heavy (non-hydrogen) atoms. The van der Waals surface area contributed by atoms with Crippen LogP contribution in [0.2, 0.25) is 0 Å². The molecule has 0 saturated heterocycles. The number of hydrogen-bond donors (Lipinski definition) is 2. The standard InChI is InChI=1S/C13H21NO3/c1-8(9-6-7-9)14-12(15)10-4-2-3-5-11(10)13(16)17/h8-11H,2-7H2,1H3,(H,14,15)(H,16,17). The van der Waals surface area contributed by atoms with Crippen LogP contribution in [0, 0.1) is 17.8 Å². The van der Waals surface area contributed by atoms with Gasteiger partial charge in [0.25, 0.3) is 0 Å². The van der Waals surface area contributed by atoms with E-state index in [1.807, 2.05) is 6.92 Å². The minimum atomic E-state index is -0.816. The van der Waals surface area contributed by atoms with Gasteiger partial charge in [-0.3, -0.25) is 9.59 Å². The topological polar surface area (TPSA) is 66.4 Å². The van der Waals surface area contributed by atoms with E-state index in [2.05, 4.69) is 5.32 Å². The van der Waals surface area contributed by atoms with Crippen LogP contribution < -0.4 is 5.32 Å². The zero-order chi connectivity index (χ0) is 12.4. The Morgan fingerprint density at radius 2 is 1.71 bits per heavy atom. The van der Waals surface area contributed by atoms with Crippen molar-refractivity contribution in [1.29, 1.82) is 0 Å². The van der Waals surface area contributed by atoms with Gasteiger partial charge in [0.15, 0.2) is 0 Å².